The van der Waals surface area contributed by atoms with Crippen LogP contribution >= 0.6 is 0 Å². The Morgan fingerprint density at radius 2 is 2.00 bits per heavy atom. The first-order valence-corrected chi connectivity index (χ1v) is 3.98. The van der Waals surface area contributed by atoms with Crippen molar-refractivity contribution < 1.29 is 30.2 Å². The molecule has 0 amide bonds. The smallest absolute Gasteiger partial charge is 1.00 e. The first-order chi connectivity index (χ1) is 6.77. The number of carboxylic acid groups (broad SMARTS) is 1. The average Bonchev–Trinajstić information content (AvgIpc) is 2.68. The summed E-state index contributed by atoms with van der Waals surface area (Å²) in [5, 5.41) is 15.8. The summed E-state index contributed by atoms with van der Waals surface area (Å²) in [6, 6.07) is 9.20. The van der Waals surface area contributed by atoms with Gasteiger partial charge >= 0.3 is 24.8 Å². The Morgan fingerprint density at radius 1 is 1.33 bits per heavy atom. The number of rotatable bonds is 2. The van der Waals surface area contributed by atoms with Crippen molar-refractivity contribution in [3.8, 4) is 5.69 Å². The zero-order valence-corrected chi connectivity index (χ0v) is 8.16. The number of carboxylic acids is 1. The molecule has 72 valence electrons. The molecule has 0 unspecified atom stereocenters. The zero-order chi connectivity index (χ0) is 9.97. The van der Waals surface area contributed by atoms with Crippen LogP contribution in [0.3, 0.4) is 0 Å². The van der Waals surface area contributed by atoms with Crippen LogP contribution in [0.5, 0.6) is 0 Å². The Balaban J connectivity index is 0.00000112. The van der Waals surface area contributed by atoms with Gasteiger partial charge in [0.25, 0.3) is 0 Å². The SMILES string of the molecule is O=C(O)c1cn(-c2ccccc2)nn1.[H-].[Li+]. The molecule has 0 spiro atoms. The molecule has 2 aromatic rings. The number of hydrogen-bond donors (Lipinski definition) is 1. The molecule has 6 heteroatoms. The van der Waals surface area contributed by atoms with Gasteiger partial charge in [0.05, 0.1) is 11.9 Å². The first kappa shape index (κ1) is 11.5. The van der Waals surface area contributed by atoms with Crippen LogP contribution in [0.15, 0.2) is 36.5 Å². The van der Waals surface area contributed by atoms with Crippen molar-refractivity contribution in [2.45, 2.75) is 0 Å². The Kier molecular flexibility index (Phi) is 3.66. The van der Waals surface area contributed by atoms with Crippen LogP contribution in [0.4, 0.5) is 0 Å². The number of aromatic nitrogens is 3. The van der Waals surface area contributed by atoms with E-state index in [1.54, 1.807) is 0 Å². The minimum atomic E-state index is -1.08. The molecule has 0 bridgehead atoms. The van der Waals surface area contributed by atoms with E-state index in [9.17, 15) is 4.79 Å². The average molecular weight is 197 g/mol. The van der Waals surface area contributed by atoms with Crippen LogP contribution < -0.4 is 18.9 Å². The molecule has 0 saturated heterocycles. The molecule has 2 rings (SSSR count). The van der Waals surface area contributed by atoms with E-state index in [-0.39, 0.29) is 26.0 Å². The van der Waals surface area contributed by atoms with E-state index in [4.69, 9.17) is 5.11 Å². The maximum Gasteiger partial charge on any atom is 1.00 e. The second-order valence-electron chi connectivity index (χ2n) is 2.69. The molecule has 0 aliphatic heterocycles. The molecule has 5 nitrogen and oxygen atoms in total. The number of nitrogens with zero attached hydrogens (tertiary/aromatic N) is 3. The van der Waals surface area contributed by atoms with Crippen LogP contribution in [0.25, 0.3) is 5.69 Å². The van der Waals surface area contributed by atoms with E-state index in [1.807, 2.05) is 30.3 Å². The summed E-state index contributed by atoms with van der Waals surface area (Å²) in [5.41, 5.74) is 0.723. The maximum atomic E-state index is 10.5. The molecule has 1 aromatic heterocycles. The summed E-state index contributed by atoms with van der Waals surface area (Å²) in [6.07, 6.45) is 1.37. The van der Waals surface area contributed by atoms with Crippen molar-refractivity contribution in [1.29, 1.82) is 0 Å². The molecule has 15 heavy (non-hydrogen) atoms. The van der Waals surface area contributed by atoms with E-state index < -0.39 is 5.97 Å². The quantitative estimate of drug-likeness (QED) is 0.570. The van der Waals surface area contributed by atoms with Crippen LogP contribution in [0.1, 0.15) is 11.9 Å². The van der Waals surface area contributed by atoms with E-state index in [1.165, 1.54) is 10.9 Å². The van der Waals surface area contributed by atoms with Crippen LogP contribution in [-0.4, -0.2) is 26.1 Å². The molecule has 0 saturated carbocycles. The van der Waals surface area contributed by atoms with Crippen molar-refractivity contribution in [3.05, 3.63) is 42.2 Å². The van der Waals surface area contributed by atoms with Gasteiger partial charge in [-0.1, -0.05) is 23.4 Å². The maximum absolute atomic E-state index is 10.5. The zero-order valence-electron chi connectivity index (χ0n) is 9.16. The van der Waals surface area contributed by atoms with Gasteiger partial charge in [0.15, 0.2) is 5.69 Å². The van der Waals surface area contributed by atoms with E-state index in [0.717, 1.165) is 5.69 Å². The Bertz CT molecular complexity index is 461. The second-order valence-corrected chi connectivity index (χ2v) is 2.69. The molecule has 0 aliphatic rings. The van der Waals surface area contributed by atoms with Crippen molar-refractivity contribution in [1.82, 2.24) is 15.0 Å². The molecule has 1 N–H and O–H groups in total. The van der Waals surface area contributed by atoms with Gasteiger partial charge in [-0.05, 0) is 12.1 Å². The number of aromatic carboxylic acids is 1. The van der Waals surface area contributed by atoms with Gasteiger partial charge in [-0.25, -0.2) is 9.48 Å². The predicted octanol–water partition coefficient (Wildman–Crippen LogP) is -1.92. The fraction of sp³-hybridized carbons (Fsp3) is 0. The summed E-state index contributed by atoms with van der Waals surface area (Å²) < 4.78 is 1.42. The van der Waals surface area contributed by atoms with Gasteiger partial charge < -0.3 is 6.53 Å². The molecule has 1 aromatic carbocycles. The molecule has 0 fully saturated rings. The third kappa shape index (κ3) is 2.46. The van der Waals surface area contributed by atoms with Crippen LogP contribution in [-0.2, 0) is 0 Å². The standard InChI is InChI=1S/C9H7N3O2.Li.H/c13-9(14)8-6-12(11-10-8)7-4-2-1-3-5-7;;/h1-6H,(H,13,14);;/q;+1;-1. The van der Waals surface area contributed by atoms with Gasteiger partial charge in [-0.2, -0.15) is 0 Å². The molecule has 1 heterocycles. The van der Waals surface area contributed by atoms with Crippen molar-refractivity contribution in [2.24, 2.45) is 0 Å². The van der Waals surface area contributed by atoms with Gasteiger partial charge in [0.1, 0.15) is 0 Å². The Hall–Kier alpha value is -1.57. The number of benzene rings is 1. The van der Waals surface area contributed by atoms with E-state index >= 15 is 0 Å². The summed E-state index contributed by atoms with van der Waals surface area (Å²) in [7, 11) is 0. The van der Waals surface area contributed by atoms with Gasteiger partial charge in [-0.15, -0.1) is 5.10 Å². The third-order valence-corrected chi connectivity index (χ3v) is 1.73. The van der Waals surface area contributed by atoms with Crippen molar-refractivity contribution in [3.63, 3.8) is 0 Å². The summed E-state index contributed by atoms with van der Waals surface area (Å²) in [6.45, 7) is 0. The fourth-order valence-corrected chi connectivity index (χ4v) is 1.07. The fourth-order valence-electron chi connectivity index (χ4n) is 1.07. The van der Waals surface area contributed by atoms with E-state index in [0.29, 0.717) is 0 Å². The second kappa shape index (κ2) is 4.78. The van der Waals surface area contributed by atoms with Crippen LogP contribution in [0.2, 0.25) is 0 Å². The minimum Gasteiger partial charge on any atom is -1.00 e. The van der Waals surface area contributed by atoms with Crippen LogP contribution in [0, 0.1) is 0 Å². The predicted molar refractivity (Wildman–Crippen MR) is 49.4 cm³/mol. The van der Waals surface area contributed by atoms with Gasteiger partial charge in [0.2, 0.25) is 0 Å². The Labute approximate surface area is 99.4 Å². The number of para-hydroxylation sites is 1. The van der Waals surface area contributed by atoms with Crippen molar-refractivity contribution in [2.75, 3.05) is 0 Å². The molecular formula is C9H8LiN3O2. The first-order valence-electron chi connectivity index (χ1n) is 3.98. The Morgan fingerprint density at radius 3 is 2.53 bits per heavy atom. The third-order valence-electron chi connectivity index (χ3n) is 1.73. The van der Waals surface area contributed by atoms with Crippen molar-refractivity contribution >= 4 is 5.97 Å². The number of carbonyl (C=O) groups is 1. The van der Waals surface area contributed by atoms with Gasteiger partial charge in [0, 0.05) is 0 Å². The van der Waals surface area contributed by atoms with Gasteiger partial charge in [-0.3, -0.25) is 0 Å². The summed E-state index contributed by atoms with van der Waals surface area (Å²) in [4.78, 5) is 10.5. The molecule has 0 atom stereocenters. The molecular weight excluding hydrogens is 189 g/mol. The normalized spacial score (nSPS) is 9.33. The largest absolute Gasteiger partial charge is 1.00 e. The number of hydrogen-bond acceptors (Lipinski definition) is 3. The summed E-state index contributed by atoms with van der Waals surface area (Å²) in [5.74, 6) is -1.08. The summed E-state index contributed by atoms with van der Waals surface area (Å²) >= 11 is 0. The topological polar surface area (TPSA) is 68.0 Å². The minimum absolute atomic E-state index is 0. The van der Waals surface area contributed by atoms with E-state index in [2.05, 4.69) is 10.3 Å². The molecule has 0 radical (unpaired) electrons. The molecule has 0 aliphatic carbocycles. The monoisotopic (exact) mass is 197 g/mol.